The zero-order valence-corrected chi connectivity index (χ0v) is 16.8. The van der Waals surface area contributed by atoms with Crippen LogP contribution in [0.25, 0.3) is 0 Å². The van der Waals surface area contributed by atoms with Gasteiger partial charge >= 0.3 is 0 Å². The van der Waals surface area contributed by atoms with E-state index in [4.69, 9.17) is 14.0 Å². The van der Waals surface area contributed by atoms with Gasteiger partial charge in [0, 0.05) is 27.1 Å². The Morgan fingerprint density at radius 1 is 1.32 bits per heavy atom. The lowest BCUT2D eigenvalue weighted by molar-refractivity contribution is 0.174. The smallest absolute Gasteiger partial charge is 0.231 e. The Labute approximate surface area is 163 Å². The summed E-state index contributed by atoms with van der Waals surface area (Å²) in [6.45, 7) is 5.90. The van der Waals surface area contributed by atoms with Crippen molar-refractivity contribution in [2.24, 2.45) is 4.99 Å². The van der Waals surface area contributed by atoms with Gasteiger partial charge in [0.2, 0.25) is 12.7 Å². The number of ether oxygens (including phenoxy) is 2. The molecular formula is C16H22IN5O3. The van der Waals surface area contributed by atoms with Crippen molar-refractivity contribution in [1.29, 1.82) is 0 Å². The highest BCUT2D eigenvalue weighted by Crippen LogP contribution is 2.32. The minimum atomic E-state index is 0. The van der Waals surface area contributed by atoms with E-state index in [1.807, 2.05) is 37.1 Å². The molecule has 1 aromatic heterocycles. The lowest BCUT2D eigenvalue weighted by Crippen LogP contribution is -2.38. The summed E-state index contributed by atoms with van der Waals surface area (Å²) in [5.41, 5.74) is 1.11. The summed E-state index contributed by atoms with van der Waals surface area (Å²) in [6, 6.07) is 5.94. The van der Waals surface area contributed by atoms with Gasteiger partial charge in [0.15, 0.2) is 23.3 Å². The lowest BCUT2D eigenvalue weighted by Gasteiger charge is -2.22. The highest BCUT2D eigenvalue weighted by molar-refractivity contribution is 14.0. The quantitative estimate of drug-likeness (QED) is 0.418. The van der Waals surface area contributed by atoms with Crippen molar-refractivity contribution in [3.05, 3.63) is 35.5 Å². The van der Waals surface area contributed by atoms with Gasteiger partial charge in [-0.2, -0.15) is 4.98 Å². The normalized spacial score (nSPS) is 12.7. The van der Waals surface area contributed by atoms with E-state index in [0.29, 0.717) is 24.8 Å². The van der Waals surface area contributed by atoms with Crippen LogP contribution in [0.1, 0.15) is 24.2 Å². The molecule has 0 amide bonds. The van der Waals surface area contributed by atoms with Gasteiger partial charge in [-0.05, 0) is 24.6 Å². The molecule has 0 saturated carbocycles. The van der Waals surface area contributed by atoms with E-state index in [1.54, 1.807) is 6.92 Å². The highest BCUT2D eigenvalue weighted by atomic mass is 127. The third-order valence-corrected chi connectivity index (χ3v) is 3.49. The number of rotatable bonds is 5. The number of nitrogens with one attached hydrogen (secondary N) is 1. The maximum Gasteiger partial charge on any atom is 0.231 e. The second-order valence-electron chi connectivity index (χ2n) is 5.44. The molecule has 0 spiro atoms. The fraction of sp³-hybridized carbons (Fsp3) is 0.438. The summed E-state index contributed by atoms with van der Waals surface area (Å²) >= 11 is 0. The average Bonchev–Trinajstić information content (AvgIpc) is 3.19. The van der Waals surface area contributed by atoms with Crippen LogP contribution < -0.4 is 14.8 Å². The molecule has 0 saturated heterocycles. The number of benzene rings is 1. The minimum absolute atomic E-state index is 0. The predicted molar refractivity (Wildman–Crippen MR) is 103 cm³/mol. The highest BCUT2D eigenvalue weighted by Gasteiger charge is 2.15. The van der Waals surface area contributed by atoms with E-state index in [0.717, 1.165) is 29.6 Å². The Kier molecular flexibility index (Phi) is 6.85. The third kappa shape index (κ3) is 4.97. The molecule has 1 N–H and O–H groups in total. The fourth-order valence-electron chi connectivity index (χ4n) is 2.41. The molecule has 9 heteroatoms. The predicted octanol–water partition coefficient (Wildman–Crippen LogP) is 2.32. The van der Waals surface area contributed by atoms with Crippen molar-refractivity contribution < 1.29 is 14.0 Å². The lowest BCUT2D eigenvalue weighted by atomic mass is 10.2. The summed E-state index contributed by atoms with van der Waals surface area (Å²) in [5.74, 6) is 3.45. The summed E-state index contributed by atoms with van der Waals surface area (Å²) in [4.78, 5) is 10.8. The molecule has 1 aliphatic heterocycles. The fourth-order valence-corrected chi connectivity index (χ4v) is 2.41. The number of nitrogens with zero attached hydrogens (tertiary/aromatic N) is 4. The summed E-state index contributed by atoms with van der Waals surface area (Å²) in [7, 11) is 1.98. The van der Waals surface area contributed by atoms with Gasteiger partial charge in [0.05, 0.1) is 0 Å². The molecule has 0 radical (unpaired) electrons. The number of aromatic nitrogens is 2. The van der Waals surface area contributed by atoms with Gasteiger partial charge in [-0.3, -0.25) is 0 Å². The number of aryl methyl sites for hydroxylation is 1. The number of hydrogen-bond donors (Lipinski definition) is 1. The van der Waals surface area contributed by atoms with Crippen molar-refractivity contribution in [3.63, 3.8) is 0 Å². The summed E-state index contributed by atoms with van der Waals surface area (Å²) in [6.07, 6.45) is 0. The summed E-state index contributed by atoms with van der Waals surface area (Å²) in [5, 5.41) is 7.13. The number of guanidine groups is 1. The molecule has 1 aromatic carbocycles. The molecule has 3 rings (SSSR count). The molecule has 0 bridgehead atoms. The van der Waals surface area contributed by atoms with E-state index < -0.39 is 0 Å². The number of fused-ring (bicyclic) bond motifs is 1. The standard InChI is InChI=1S/C16H21N5O3.HI/c1-4-17-16(18-8-15-19-11(2)24-20-15)21(3)9-12-5-6-13-14(7-12)23-10-22-13;/h5-7H,4,8-10H2,1-3H3,(H,17,18);1H. The monoisotopic (exact) mass is 459 g/mol. The van der Waals surface area contributed by atoms with Crippen LogP contribution in [0.5, 0.6) is 11.5 Å². The Bertz CT molecular complexity index is 734. The molecule has 2 heterocycles. The number of hydrogen-bond acceptors (Lipinski definition) is 6. The number of halogens is 1. The Morgan fingerprint density at radius 2 is 2.12 bits per heavy atom. The van der Waals surface area contributed by atoms with Gasteiger partial charge in [-0.15, -0.1) is 24.0 Å². The van der Waals surface area contributed by atoms with Crippen molar-refractivity contribution in [3.8, 4) is 11.5 Å². The first kappa shape index (κ1) is 19.3. The Balaban J connectivity index is 0.00000225. The van der Waals surface area contributed by atoms with Crippen LogP contribution in [0.15, 0.2) is 27.7 Å². The van der Waals surface area contributed by atoms with Crippen LogP contribution >= 0.6 is 24.0 Å². The Hall–Kier alpha value is -2.04. The van der Waals surface area contributed by atoms with Gasteiger partial charge in [0.1, 0.15) is 6.54 Å². The van der Waals surface area contributed by atoms with Crippen LogP contribution in [0.4, 0.5) is 0 Å². The molecule has 0 fully saturated rings. The first-order chi connectivity index (χ1) is 11.7. The SMILES string of the molecule is CCNC(=NCc1noc(C)n1)N(C)Cc1ccc2c(c1)OCO2.I. The van der Waals surface area contributed by atoms with Gasteiger partial charge in [0.25, 0.3) is 0 Å². The zero-order chi connectivity index (χ0) is 16.9. The topological polar surface area (TPSA) is 85.0 Å². The Morgan fingerprint density at radius 3 is 2.84 bits per heavy atom. The van der Waals surface area contributed by atoms with Crippen LogP contribution in [0.3, 0.4) is 0 Å². The van der Waals surface area contributed by atoms with E-state index in [2.05, 4.69) is 20.4 Å². The maximum atomic E-state index is 5.42. The third-order valence-electron chi connectivity index (χ3n) is 3.49. The minimum Gasteiger partial charge on any atom is -0.454 e. The second-order valence-corrected chi connectivity index (χ2v) is 5.44. The van der Waals surface area contributed by atoms with Gasteiger partial charge < -0.3 is 24.2 Å². The first-order valence-electron chi connectivity index (χ1n) is 7.83. The van der Waals surface area contributed by atoms with E-state index >= 15 is 0 Å². The second kappa shape index (κ2) is 8.88. The zero-order valence-electron chi connectivity index (χ0n) is 14.5. The molecular weight excluding hydrogens is 437 g/mol. The van der Waals surface area contributed by atoms with Crippen molar-refractivity contribution in [2.45, 2.75) is 26.9 Å². The van der Waals surface area contributed by atoms with E-state index in [9.17, 15) is 0 Å². The molecule has 1 aliphatic rings. The number of aliphatic imine (C=N–C) groups is 1. The van der Waals surface area contributed by atoms with Crippen LogP contribution in [-0.4, -0.2) is 41.4 Å². The van der Waals surface area contributed by atoms with E-state index in [1.165, 1.54) is 0 Å². The van der Waals surface area contributed by atoms with E-state index in [-0.39, 0.29) is 30.8 Å². The van der Waals surface area contributed by atoms with Gasteiger partial charge in [-0.1, -0.05) is 11.2 Å². The van der Waals surface area contributed by atoms with Crippen LogP contribution in [-0.2, 0) is 13.1 Å². The molecule has 0 unspecified atom stereocenters. The average molecular weight is 459 g/mol. The van der Waals surface area contributed by atoms with Crippen LogP contribution in [0.2, 0.25) is 0 Å². The molecule has 0 atom stereocenters. The van der Waals surface area contributed by atoms with Crippen molar-refractivity contribution in [1.82, 2.24) is 20.4 Å². The largest absolute Gasteiger partial charge is 0.454 e. The van der Waals surface area contributed by atoms with Crippen molar-refractivity contribution >= 4 is 29.9 Å². The van der Waals surface area contributed by atoms with Crippen molar-refractivity contribution in [2.75, 3.05) is 20.4 Å². The van der Waals surface area contributed by atoms with Crippen LogP contribution in [0, 0.1) is 6.92 Å². The first-order valence-corrected chi connectivity index (χ1v) is 7.83. The molecule has 25 heavy (non-hydrogen) atoms. The molecule has 2 aromatic rings. The molecule has 136 valence electrons. The maximum absolute atomic E-state index is 5.42. The molecule has 8 nitrogen and oxygen atoms in total. The summed E-state index contributed by atoms with van der Waals surface area (Å²) < 4.78 is 15.7. The van der Waals surface area contributed by atoms with Gasteiger partial charge in [-0.25, -0.2) is 4.99 Å². The molecule has 0 aliphatic carbocycles.